The number of carbonyl (C=O) groups excluding carboxylic acids is 4. The second-order valence-electron chi connectivity index (χ2n) is 8.47. The van der Waals surface area contributed by atoms with Crippen LogP contribution in [0.15, 0.2) is 78.9 Å². The number of urea groups is 1. The highest BCUT2D eigenvalue weighted by molar-refractivity contribution is 6.22. The summed E-state index contributed by atoms with van der Waals surface area (Å²) >= 11 is 0. The average molecular weight is 486 g/mol. The van der Waals surface area contributed by atoms with Crippen molar-refractivity contribution in [3.8, 4) is 0 Å². The lowest BCUT2D eigenvalue weighted by Crippen LogP contribution is -2.37. The van der Waals surface area contributed by atoms with E-state index in [9.17, 15) is 19.2 Å². The van der Waals surface area contributed by atoms with Crippen molar-refractivity contribution in [2.45, 2.75) is 32.9 Å². The van der Waals surface area contributed by atoms with Crippen molar-refractivity contribution in [2.75, 3.05) is 16.8 Å². The summed E-state index contributed by atoms with van der Waals surface area (Å²) in [5.41, 5.74) is 3.23. The predicted octanol–water partition coefficient (Wildman–Crippen LogP) is 4.54. The van der Waals surface area contributed by atoms with Gasteiger partial charge in [0.25, 0.3) is 5.91 Å². The fraction of sp³-hybridized carbons (Fsp3) is 0.214. The highest BCUT2D eigenvalue weighted by atomic mass is 16.5. The molecule has 8 heteroatoms. The Labute approximate surface area is 209 Å². The highest BCUT2D eigenvalue weighted by Gasteiger charge is 2.46. The number of ether oxygens (including phenoxy) is 1. The number of hydrogen-bond acceptors (Lipinski definition) is 5. The van der Waals surface area contributed by atoms with E-state index in [0.29, 0.717) is 16.9 Å². The van der Waals surface area contributed by atoms with Crippen LogP contribution in [0, 0.1) is 6.92 Å². The second kappa shape index (κ2) is 10.9. The Kier molecular flexibility index (Phi) is 7.44. The van der Waals surface area contributed by atoms with Crippen LogP contribution in [-0.2, 0) is 20.9 Å². The van der Waals surface area contributed by atoms with E-state index in [2.05, 4.69) is 5.32 Å². The number of nitrogens with one attached hydrogen (secondary N) is 1. The molecule has 1 heterocycles. The summed E-state index contributed by atoms with van der Waals surface area (Å²) < 4.78 is 4.97. The van der Waals surface area contributed by atoms with Crippen LogP contribution >= 0.6 is 0 Å². The molecule has 4 rings (SSSR count). The van der Waals surface area contributed by atoms with Crippen LogP contribution < -0.4 is 10.2 Å². The molecule has 0 saturated carbocycles. The van der Waals surface area contributed by atoms with E-state index >= 15 is 0 Å². The molecule has 1 saturated heterocycles. The summed E-state index contributed by atoms with van der Waals surface area (Å²) in [6, 6.07) is 21.2. The number of amides is 4. The molecule has 1 N–H and O–H groups in total. The van der Waals surface area contributed by atoms with Crippen molar-refractivity contribution in [1.82, 2.24) is 4.90 Å². The summed E-state index contributed by atoms with van der Waals surface area (Å²) in [6.45, 7) is 4.16. The first-order chi connectivity index (χ1) is 17.4. The van der Waals surface area contributed by atoms with Crippen molar-refractivity contribution < 1.29 is 23.9 Å². The first kappa shape index (κ1) is 24.7. The Bertz CT molecular complexity index is 1260. The minimum atomic E-state index is -0.960. The first-order valence-electron chi connectivity index (χ1n) is 11.7. The number of anilines is 2. The van der Waals surface area contributed by atoms with Gasteiger partial charge in [-0.05, 0) is 55.8 Å². The van der Waals surface area contributed by atoms with Crippen LogP contribution in [0.1, 0.15) is 34.8 Å². The predicted molar refractivity (Wildman–Crippen MR) is 135 cm³/mol. The molecule has 3 aromatic carbocycles. The van der Waals surface area contributed by atoms with Crippen LogP contribution in [-0.4, -0.2) is 41.4 Å². The fourth-order valence-corrected chi connectivity index (χ4v) is 4.01. The summed E-state index contributed by atoms with van der Waals surface area (Å²) in [5, 5.41) is 2.75. The number of hydrogen-bond donors (Lipinski definition) is 1. The number of aryl methyl sites for hydroxylation is 1. The number of imide groups is 1. The smallest absolute Gasteiger partial charge is 0.338 e. The minimum absolute atomic E-state index is 0.195. The van der Waals surface area contributed by atoms with Gasteiger partial charge < -0.3 is 15.0 Å². The largest absolute Gasteiger partial charge is 0.462 e. The van der Waals surface area contributed by atoms with Gasteiger partial charge in [0.05, 0.1) is 24.3 Å². The standard InChI is InChI=1S/C28H27N3O5/c1-3-36-27(34)21-13-15-22(16-14-21)29-25(32)17-24-26(33)31(23-7-5-4-6-8-23)28(35)30(24)18-20-11-9-19(2)10-12-20/h4-16,24H,3,17-18H2,1-2H3,(H,29,32)/t24-/m0/s1. The van der Waals surface area contributed by atoms with Gasteiger partial charge in [0.1, 0.15) is 6.04 Å². The van der Waals surface area contributed by atoms with Crippen LogP contribution in [0.4, 0.5) is 16.2 Å². The molecule has 36 heavy (non-hydrogen) atoms. The molecule has 1 atom stereocenters. The molecule has 4 amide bonds. The van der Waals surface area contributed by atoms with E-state index in [1.54, 1.807) is 61.5 Å². The van der Waals surface area contributed by atoms with Gasteiger partial charge in [-0.25, -0.2) is 14.5 Å². The van der Waals surface area contributed by atoms with Crippen molar-refractivity contribution >= 4 is 35.2 Å². The molecule has 1 aliphatic rings. The van der Waals surface area contributed by atoms with E-state index in [1.165, 1.54) is 4.90 Å². The number of carbonyl (C=O) groups is 4. The molecule has 0 bridgehead atoms. The van der Waals surface area contributed by atoms with Crippen molar-refractivity contribution in [1.29, 1.82) is 0 Å². The first-order valence-corrected chi connectivity index (χ1v) is 11.7. The number of para-hydroxylation sites is 1. The van der Waals surface area contributed by atoms with Crippen LogP contribution in [0.2, 0.25) is 0 Å². The monoisotopic (exact) mass is 485 g/mol. The molecule has 0 aromatic heterocycles. The van der Waals surface area contributed by atoms with Gasteiger partial charge >= 0.3 is 12.0 Å². The Hall–Kier alpha value is -4.46. The third kappa shape index (κ3) is 5.43. The summed E-state index contributed by atoms with van der Waals surface area (Å²) in [6.07, 6.45) is -0.209. The summed E-state index contributed by atoms with van der Waals surface area (Å²) in [4.78, 5) is 54.0. The van der Waals surface area contributed by atoms with E-state index in [-0.39, 0.29) is 19.6 Å². The average Bonchev–Trinajstić information content (AvgIpc) is 3.10. The van der Waals surface area contributed by atoms with Gasteiger partial charge in [0.15, 0.2) is 0 Å². The van der Waals surface area contributed by atoms with E-state index in [1.807, 2.05) is 31.2 Å². The number of esters is 1. The molecule has 184 valence electrons. The Morgan fingerprint density at radius 2 is 1.58 bits per heavy atom. The van der Waals surface area contributed by atoms with Crippen LogP contribution in [0.3, 0.4) is 0 Å². The van der Waals surface area contributed by atoms with Gasteiger partial charge in [-0.3, -0.25) is 9.59 Å². The molecule has 3 aromatic rings. The Morgan fingerprint density at radius 1 is 0.917 bits per heavy atom. The maximum absolute atomic E-state index is 13.4. The van der Waals surface area contributed by atoms with Gasteiger partial charge in [-0.1, -0.05) is 48.0 Å². The molecular formula is C28H27N3O5. The molecule has 1 aliphatic heterocycles. The highest BCUT2D eigenvalue weighted by Crippen LogP contribution is 2.28. The maximum atomic E-state index is 13.4. The number of rotatable bonds is 8. The molecular weight excluding hydrogens is 458 g/mol. The van der Waals surface area contributed by atoms with Crippen molar-refractivity contribution in [3.05, 3.63) is 95.6 Å². The topological polar surface area (TPSA) is 96.0 Å². The van der Waals surface area contributed by atoms with E-state index < -0.39 is 29.9 Å². The second-order valence-corrected chi connectivity index (χ2v) is 8.47. The Balaban J connectivity index is 1.53. The SMILES string of the molecule is CCOC(=O)c1ccc(NC(=O)C[C@H]2C(=O)N(c3ccccc3)C(=O)N2Cc2ccc(C)cc2)cc1. The number of benzene rings is 3. The lowest BCUT2D eigenvalue weighted by atomic mass is 10.1. The van der Waals surface area contributed by atoms with Gasteiger partial charge in [0.2, 0.25) is 5.91 Å². The quantitative estimate of drug-likeness (QED) is 0.373. The zero-order valence-electron chi connectivity index (χ0n) is 20.1. The molecule has 0 spiro atoms. The molecule has 0 unspecified atom stereocenters. The van der Waals surface area contributed by atoms with Crippen molar-refractivity contribution in [2.24, 2.45) is 0 Å². The zero-order valence-corrected chi connectivity index (χ0v) is 20.1. The normalized spacial score (nSPS) is 15.2. The molecule has 0 radical (unpaired) electrons. The molecule has 0 aliphatic carbocycles. The van der Waals surface area contributed by atoms with Crippen molar-refractivity contribution in [3.63, 3.8) is 0 Å². The van der Waals surface area contributed by atoms with Crippen LogP contribution in [0.5, 0.6) is 0 Å². The summed E-state index contributed by atoms with van der Waals surface area (Å²) in [7, 11) is 0. The third-order valence-corrected chi connectivity index (χ3v) is 5.87. The van der Waals surface area contributed by atoms with Gasteiger partial charge in [-0.2, -0.15) is 0 Å². The lowest BCUT2D eigenvalue weighted by Gasteiger charge is -2.22. The Morgan fingerprint density at radius 3 is 2.22 bits per heavy atom. The maximum Gasteiger partial charge on any atom is 0.338 e. The third-order valence-electron chi connectivity index (χ3n) is 5.87. The molecule has 8 nitrogen and oxygen atoms in total. The zero-order chi connectivity index (χ0) is 25.7. The fourth-order valence-electron chi connectivity index (χ4n) is 4.01. The van der Waals surface area contributed by atoms with Gasteiger partial charge in [0, 0.05) is 12.2 Å². The van der Waals surface area contributed by atoms with E-state index in [4.69, 9.17) is 4.74 Å². The minimum Gasteiger partial charge on any atom is -0.462 e. The van der Waals surface area contributed by atoms with Crippen LogP contribution in [0.25, 0.3) is 0 Å². The van der Waals surface area contributed by atoms with E-state index in [0.717, 1.165) is 16.0 Å². The summed E-state index contributed by atoms with van der Waals surface area (Å²) in [5.74, 6) is -1.32. The van der Waals surface area contributed by atoms with Gasteiger partial charge in [-0.15, -0.1) is 0 Å². The number of nitrogens with zero attached hydrogens (tertiary/aromatic N) is 2. The lowest BCUT2D eigenvalue weighted by molar-refractivity contribution is -0.124. The molecule has 1 fully saturated rings.